The highest BCUT2D eigenvalue weighted by Gasteiger charge is 2.17. The van der Waals surface area contributed by atoms with E-state index in [1.165, 1.54) is 4.57 Å². The minimum Gasteiger partial charge on any atom is -0.378 e. The number of nitrogens with zero attached hydrogens (tertiary/aromatic N) is 1. The Labute approximate surface area is 106 Å². The normalized spacial score (nSPS) is 18.8. The van der Waals surface area contributed by atoms with E-state index in [2.05, 4.69) is 5.32 Å². The minimum atomic E-state index is -0.192. The summed E-state index contributed by atoms with van der Waals surface area (Å²) in [7, 11) is 1.66. The second-order valence-electron chi connectivity index (χ2n) is 4.56. The van der Waals surface area contributed by atoms with Crippen LogP contribution in [0.25, 0.3) is 0 Å². The van der Waals surface area contributed by atoms with E-state index in [4.69, 9.17) is 4.74 Å². The molecule has 1 N–H and O–H groups in total. The third-order valence-corrected chi connectivity index (χ3v) is 3.11. The zero-order chi connectivity index (χ0) is 13.0. The van der Waals surface area contributed by atoms with E-state index in [1.54, 1.807) is 25.4 Å². The Balaban J connectivity index is 1.86. The Bertz CT molecular complexity index is 475. The maximum Gasteiger partial charge on any atom is 0.274 e. The third kappa shape index (κ3) is 3.20. The van der Waals surface area contributed by atoms with Crippen LogP contribution in [0.5, 0.6) is 0 Å². The number of aromatic nitrogens is 1. The van der Waals surface area contributed by atoms with E-state index >= 15 is 0 Å². The predicted molar refractivity (Wildman–Crippen MR) is 68.5 cm³/mol. The Hall–Kier alpha value is -1.62. The summed E-state index contributed by atoms with van der Waals surface area (Å²) >= 11 is 0. The highest BCUT2D eigenvalue weighted by atomic mass is 16.5. The molecule has 1 aromatic rings. The molecule has 1 aromatic heterocycles. The molecule has 5 heteroatoms. The Kier molecular flexibility index (Phi) is 4.15. The van der Waals surface area contributed by atoms with Crippen molar-refractivity contribution in [3.63, 3.8) is 0 Å². The number of hydrogen-bond acceptors (Lipinski definition) is 3. The standard InChI is InChI=1S/C13H18N2O3/c1-15-8-2-5-11(13(15)17)14-12(16)7-6-10-4-3-9-18-10/h2,5,8,10H,3-4,6-7,9H2,1H3,(H,14,16). The molecule has 0 radical (unpaired) electrons. The lowest BCUT2D eigenvalue weighted by molar-refractivity contribution is -0.116. The Morgan fingerprint density at radius 1 is 1.61 bits per heavy atom. The molecular weight excluding hydrogens is 232 g/mol. The van der Waals surface area contributed by atoms with Crippen LogP contribution >= 0.6 is 0 Å². The van der Waals surface area contributed by atoms with Gasteiger partial charge in [0.05, 0.1) is 6.10 Å². The van der Waals surface area contributed by atoms with Crippen molar-refractivity contribution in [3.8, 4) is 0 Å². The summed E-state index contributed by atoms with van der Waals surface area (Å²) < 4.78 is 6.89. The van der Waals surface area contributed by atoms with E-state index < -0.39 is 0 Å². The lowest BCUT2D eigenvalue weighted by Crippen LogP contribution is -2.24. The van der Waals surface area contributed by atoms with Gasteiger partial charge in [0.25, 0.3) is 5.56 Å². The summed E-state index contributed by atoms with van der Waals surface area (Å²) in [6, 6.07) is 3.35. The number of pyridine rings is 1. The summed E-state index contributed by atoms with van der Waals surface area (Å²) in [5.41, 5.74) is 0.139. The number of aryl methyl sites for hydroxylation is 1. The first-order valence-electron chi connectivity index (χ1n) is 6.24. The molecule has 1 saturated heterocycles. The predicted octanol–water partition coefficient (Wildman–Crippen LogP) is 1.28. The lowest BCUT2D eigenvalue weighted by atomic mass is 10.1. The van der Waals surface area contributed by atoms with Crippen LogP contribution in [0.15, 0.2) is 23.1 Å². The fourth-order valence-corrected chi connectivity index (χ4v) is 2.07. The van der Waals surface area contributed by atoms with Crippen molar-refractivity contribution in [2.45, 2.75) is 31.8 Å². The topological polar surface area (TPSA) is 60.3 Å². The van der Waals surface area contributed by atoms with Crippen LogP contribution in [0.1, 0.15) is 25.7 Å². The molecule has 1 amide bonds. The second-order valence-corrected chi connectivity index (χ2v) is 4.56. The first-order valence-corrected chi connectivity index (χ1v) is 6.24. The van der Waals surface area contributed by atoms with Crippen molar-refractivity contribution in [2.24, 2.45) is 7.05 Å². The third-order valence-electron chi connectivity index (χ3n) is 3.11. The fourth-order valence-electron chi connectivity index (χ4n) is 2.07. The van der Waals surface area contributed by atoms with E-state index in [-0.39, 0.29) is 17.6 Å². The molecule has 18 heavy (non-hydrogen) atoms. The average Bonchev–Trinajstić information content (AvgIpc) is 2.86. The highest BCUT2D eigenvalue weighted by Crippen LogP contribution is 2.16. The number of anilines is 1. The van der Waals surface area contributed by atoms with Gasteiger partial charge < -0.3 is 14.6 Å². The van der Waals surface area contributed by atoms with Crippen molar-refractivity contribution in [1.82, 2.24) is 4.57 Å². The van der Waals surface area contributed by atoms with Crippen molar-refractivity contribution in [2.75, 3.05) is 11.9 Å². The molecule has 0 saturated carbocycles. The van der Waals surface area contributed by atoms with Crippen molar-refractivity contribution in [3.05, 3.63) is 28.7 Å². The van der Waals surface area contributed by atoms with Gasteiger partial charge in [-0.3, -0.25) is 9.59 Å². The summed E-state index contributed by atoms with van der Waals surface area (Å²) in [6.07, 6.45) is 5.08. The van der Waals surface area contributed by atoms with Gasteiger partial charge in [-0.15, -0.1) is 0 Å². The smallest absolute Gasteiger partial charge is 0.274 e. The van der Waals surface area contributed by atoms with Gasteiger partial charge in [0.1, 0.15) is 5.69 Å². The summed E-state index contributed by atoms with van der Waals surface area (Å²) in [6.45, 7) is 0.797. The van der Waals surface area contributed by atoms with E-state index in [1.807, 2.05) is 0 Å². The molecule has 98 valence electrons. The molecule has 1 fully saturated rings. The largest absolute Gasteiger partial charge is 0.378 e. The SMILES string of the molecule is Cn1cccc(NC(=O)CCC2CCCO2)c1=O. The second kappa shape index (κ2) is 5.82. The summed E-state index contributed by atoms with van der Waals surface area (Å²) in [5.74, 6) is -0.131. The molecule has 1 atom stereocenters. The molecule has 1 unspecified atom stereocenters. The maximum atomic E-state index is 11.7. The van der Waals surface area contributed by atoms with Gasteiger partial charge in [-0.25, -0.2) is 0 Å². The molecule has 5 nitrogen and oxygen atoms in total. The molecule has 2 rings (SSSR count). The van der Waals surface area contributed by atoms with Crippen molar-refractivity contribution < 1.29 is 9.53 Å². The van der Waals surface area contributed by atoms with Crippen molar-refractivity contribution >= 4 is 11.6 Å². The number of carbonyl (C=O) groups is 1. The van der Waals surface area contributed by atoms with E-state index in [0.29, 0.717) is 12.1 Å². The summed E-state index contributed by atoms with van der Waals surface area (Å²) in [4.78, 5) is 23.4. The van der Waals surface area contributed by atoms with Gasteiger partial charge in [-0.2, -0.15) is 0 Å². The van der Waals surface area contributed by atoms with Crippen LogP contribution in [0.3, 0.4) is 0 Å². The first kappa shape index (κ1) is 12.8. The van der Waals surface area contributed by atoms with Gasteiger partial charge >= 0.3 is 0 Å². The first-order chi connectivity index (χ1) is 8.66. The summed E-state index contributed by atoms with van der Waals surface area (Å²) in [5, 5.41) is 2.65. The number of carbonyl (C=O) groups excluding carboxylic acids is 1. The number of amides is 1. The molecule has 0 bridgehead atoms. The van der Waals surface area contributed by atoms with Gasteiger partial charge in [0, 0.05) is 26.3 Å². The number of ether oxygens (including phenoxy) is 1. The zero-order valence-electron chi connectivity index (χ0n) is 10.5. The van der Waals surface area contributed by atoms with Crippen LogP contribution < -0.4 is 10.9 Å². The molecule has 1 aliphatic rings. The average molecular weight is 250 g/mol. The van der Waals surface area contributed by atoms with Gasteiger partial charge in [-0.05, 0) is 31.4 Å². The zero-order valence-corrected chi connectivity index (χ0v) is 10.5. The van der Waals surface area contributed by atoms with Gasteiger partial charge in [0.2, 0.25) is 5.91 Å². The molecule has 1 aliphatic heterocycles. The van der Waals surface area contributed by atoms with Gasteiger partial charge in [-0.1, -0.05) is 0 Å². The monoisotopic (exact) mass is 250 g/mol. The van der Waals surface area contributed by atoms with Gasteiger partial charge in [0.15, 0.2) is 0 Å². The Morgan fingerprint density at radius 2 is 2.44 bits per heavy atom. The van der Waals surface area contributed by atoms with Crippen molar-refractivity contribution in [1.29, 1.82) is 0 Å². The van der Waals surface area contributed by atoms with E-state index in [0.717, 1.165) is 25.9 Å². The lowest BCUT2D eigenvalue weighted by Gasteiger charge is -2.09. The van der Waals surface area contributed by atoms with Crippen LogP contribution in [-0.2, 0) is 16.6 Å². The number of rotatable bonds is 4. The number of hydrogen-bond donors (Lipinski definition) is 1. The van der Waals surface area contributed by atoms with Crippen LogP contribution in [0, 0.1) is 0 Å². The van der Waals surface area contributed by atoms with Crippen LogP contribution in [-0.4, -0.2) is 23.2 Å². The maximum absolute atomic E-state index is 11.7. The fraction of sp³-hybridized carbons (Fsp3) is 0.538. The van der Waals surface area contributed by atoms with Crippen LogP contribution in [0.2, 0.25) is 0 Å². The molecule has 0 aliphatic carbocycles. The minimum absolute atomic E-state index is 0.131. The van der Waals surface area contributed by atoms with E-state index in [9.17, 15) is 9.59 Å². The molecule has 2 heterocycles. The highest BCUT2D eigenvalue weighted by molar-refractivity contribution is 5.90. The number of nitrogens with one attached hydrogen (secondary N) is 1. The molecular formula is C13H18N2O3. The molecule has 0 spiro atoms. The van der Waals surface area contributed by atoms with Crippen LogP contribution in [0.4, 0.5) is 5.69 Å². The quantitative estimate of drug-likeness (QED) is 0.875. The Morgan fingerprint density at radius 3 is 3.17 bits per heavy atom. The molecule has 0 aromatic carbocycles.